The Hall–Kier alpha value is -3.23. The van der Waals surface area contributed by atoms with E-state index in [1.165, 1.54) is 0 Å². The van der Waals surface area contributed by atoms with Crippen molar-refractivity contribution >= 4 is 11.7 Å². The van der Waals surface area contributed by atoms with Gasteiger partial charge in [-0.3, -0.25) is 9.36 Å². The van der Waals surface area contributed by atoms with Gasteiger partial charge in [-0.2, -0.15) is 0 Å². The van der Waals surface area contributed by atoms with Crippen molar-refractivity contribution in [2.45, 2.75) is 20.8 Å². The molecule has 0 fully saturated rings. The minimum absolute atomic E-state index is 0.271. The number of imidazole rings is 1. The fraction of sp³-hybridized carbons (Fsp3) is 0.312. The van der Waals surface area contributed by atoms with Gasteiger partial charge in [0.15, 0.2) is 5.69 Å². The van der Waals surface area contributed by atoms with Crippen LogP contribution in [-0.2, 0) is 0 Å². The lowest BCUT2D eigenvalue weighted by molar-refractivity contribution is 0.0946. The van der Waals surface area contributed by atoms with Crippen molar-refractivity contribution in [2.24, 2.45) is 0 Å². The van der Waals surface area contributed by atoms with Crippen molar-refractivity contribution in [3.8, 4) is 5.82 Å². The molecule has 3 aromatic rings. The third-order valence-electron chi connectivity index (χ3n) is 3.47. The lowest BCUT2D eigenvalue weighted by Gasteiger charge is -2.10. The van der Waals surface area contributed by atoms with Crippen molar-refractivity contribution in [2.75, 3.05) is 18.4 Å². The van der Waals surface area contributed by atoms with E-state index in [0.29, 0.717) is 30.5 Å². The second kappa shape index (κ2) is 7.12. The average molecular weight is 341 g/mol. The Bertz CT molecular complexity index is 884. The number of nitrogens with zero attached hydrogens (tertiary/aromatic N) is 5. The molecule has 3 aromatic heterocycles. The molecule has 0 aliphatic carbocycles. The van der Waals surface area contributed by atoms with Crippen molar-refractivity contribution in [1.82, 2.24) is 30.0 Å². The topological polar surface area (TPSA) is 111 Å². The van der Waals surface area contributed by atoms with E-state index in [1.807, 2.05) is 30.7 Å². The molecule has 0 saturated heterocycles. The molecule has 130 valence electrons. The molecule has 0 spiro atoms. The number of rotatable bonds is 6. The molecule has 0 aliphatic heterocycles. The largest absolute Gasteiger partial charge is 0.368 e. The summed E-state index contributed by atoms with van der Waals surface area (Å²) in [4.78, 5) is 24.8. The summed E-state index contributed by atoms with van der Waals surface area (Å²) in [7, 11) is 0. The van der Waals surface area contributed by atoms with Gasteiger partial charge in [0.05, 0.1) is 0 Å². The minimum Gasteiger partial charge on any atom is -0.368 e. The maximum Gasteiger partial charge on any atom is 0.273 e. The van der Waals surface area contributed by atoms with Crippen molar-refractivity contribution < 1.29 is 9.32 Å². The summed E-state index contributed by atoms with van der Waals surface area (Å²) >= 11 is 0. The van der Waals surface area contributed by atoms with Crippen LogP contribution in [0, 0.1) is 20.8 Å². The molecule has 25 heavy (non-hydrogen) atoms. The molecule has 0 radical (unpaired) electrons. The first-order chi connectivity index (χ1) is 12.0. The lowest BCUT2D eigenvalue weighted by atomic mass is 10.3. The number of aryl methyl sites for hydroxylation is 3. The number of anilines is 1. The SMILES string of the molecule is Cc1nc(NCCNC(=O)c2cc(C)on2)cc(-n2ccnc2C)n1. The number of amides is 1. The second-order valence-electron chi connectivity index (χ2n) is 5.51. The Labute approximate surface area is 144 Å². The fourth-order valence-electron chi connectivity index (χ4n) is 2.32. The highest BCUT2D eigenvalue weighted by molar-refractivity contribution is 5.92. The molecule has 9 nitrogen and oxygen atoms in total. The summed E-state index contributed by atoms with van der Waals surface area (Å²) in [6, 6.07) is 3.43. The quantitative estimate of drug-likeness (QED) is 0.652. The van der Waals surface area contributed by atoms with E-state index in [-0.39, 0.29) is 11.6 Å². The van der Waals surface area contributed by atoms with Crippen LogP contribution in [0.2, 0.25) is 0 Å². The summed E-state index contributed by atoms with van der Waals surface area (Å²) in [5.41, 5.74) is 0.272. The van der Waals surface area contributed by atoms with Crippen LogP contribution in [0.25, 0.3) is 5.82 Å². The van der Waals surface area contributed by atoms with Crippen LogP contribution in [0.15, 0.2) is 29.0 Å². The zero-order valence-electron chi connectivity index (χ0n) is 14.3. The van der Waals surface area contributed by atoms with Gasteiger partial charge in [0, 0.05) is 37.6 Å². The zero-order chi connectivity index (χ0) is 17.8. The number of carbonyl (C=O) groups is 1. The van der Waals surface area contributed by atoms with Crippen LogP contribution >= 0.6 is 0 Å². The average Bonchev–Trinajstić information content (AvgIpc) is 3.19. The standard InChI is InChI=1S/C16H19N7O2/c1-10-8-13(22-25-10)16(24)19-5-4-18-14-9-15(21-11(2)20-14)23-7-6-17-12(23)3/h6-9H,4-5H2,1-3H3,(H,19,24)(H,18,20,21). The van der Waals surface area contributed by atoms with E-state index in [9.17, 15) is 4.79 Å². The molecule has 3 heterocycles. The first kappa shape index (κ1) is 16.6. The van der Waals surface area contributed by atoms with Gasteiger partial charge in [0.2, 0.25) is 0 Å². The van der Waals surface area contributed by atoms with Crippen molar-refractivity contribution in [1.29, 1.82) is 0 Å². The molecule has 2 N–H and O–H groups in total. The second-order valence-corrected chi connectivity index (χ2v) is 5.51. The molecule has 0 saturated carbocycles. The van der Waals surface area contributed by atoms with Crippen LogP contribution in [0.5, 0.6) is 0 Å². The van der Waals surface area contributed by atoms with E-state index < -0.39 is 0 Å². The van der Waals surface area contributed by atoms with Crippen LogP contribution in [0.4, 0.5) is 5.82 Å². The highest BCUT2D eigenvalue weighted by Gasteiger charge is 2.10. The number of hydrogen-bond donors (Lipinski definition) is 2. The van der Waals surface area contributed by atoms with Gasteiger partial charge in [-0.25, -0.2) is 15.0 Å². The van der Waals surface area contributed by atoms with Gasteiger partial charge in [-0.15, -0.1) is 0 Å². The lowest BCUT2D eigenvalue weighted by Crippen LogP contribution is -2.29. The molecule has 0 atom stereocenters. The Kier molecular flexibility index (Phi) is 4.73. The van der Waals surface area contributed by atoms with Crippen LogP contribution in [0.1, 0.15) is 27.9 Å². The van der Waals surface area contributed by atoms with Gasteiger partial charge in [-0.05, 0) is 20.8 Å². The molecule has 9 heteroatoms. The molecular formula is C16H19N7O2. The smallest absolute Gasteiger partial charge is 0.273 e. The summed E-state index contributed by atoms with van der Waals surface area (Å²) in [6.45, 7) is 6.41. The fourth-order valence-corrected chi connectivity index (χ4v) is 2.32. The van der Waals surface area contributed by atoms with E-state index in [2.05, 4.69) is 30.7 Å². The van der Waals surface area contributed by atoms with Gasteiger partial charge in [-0.1, -0.05) is 5.16 Å². The van der Waals surface area contributed by atoms with Gasteiger partial charge < -0.3 is 15.2 Å². The third kappa shape index (κ3) is 4.00. The van der Waals surface area contributed by atoms with Crippen molar-refractivity contribution in [3.63, 3.8) is 0 Å². The molecule has 0 aromatic carbocycles. The van der Waals surface area contributed by atoms with Gasteiger partial charge in [0.1, 0.15) is 29.0 Å². The number of nitrogens with one attached hydrogen (secondary N) is 2. The van der Waals surface area contributed by atoms with Gasteiger partial charge in [0.25, 0.3) is 5.91 Å². The molecule has 0 bridgehead atoms. The van der Waals surface area contributed by atoms with Gasteiger partial charge >= 0.3 is 0 Å². The highest BCUT2D eigenvalue weighted by Crippen LogP contribution is 2.12. The Morgan fingerprint density at radius 1 is 1.20 bits per heavy atom. The number of hydrogen-bond acceptors (Lipinski definition) is 7. The van der Waals surface area contributed by atoms with Crippen molar-refractivity contribution in [3.05, 3.63) is 47.6 Å². The minimum atomic E-state index is -0.271. The molecule has 0 unspecified atom stereocenters. The summed E-state index contributed by atoms with van der Waals surface area (Å²) in [6.07, 6.45) is 3.57. The van der Waals surface area contributed by atoms with E-state index in [4.69, 9.17) is 4.52 Å². The predicted octanol–water partition coefficient (Wildman–Crippen LogP) is 1.42. The molecule has 3 rings (SSSR count). The van der Waals surface area contributed by atoms with E-state index in [1.54, 1.807) is 19.2 Å². The third-order valence-corrected chi connectivity index (χ3v) is 3.47. The summed E-state index contributed by atoms with van der Waals surface area (Å²) in [5, 5.41) is 9.62. The van der Waals surface area contributed by atoms with E-state index in [0.717, 1.165) is 11.6 Å². The van der Waals surface area contributed by atoms with Crippen LogP contribution in [0.3, 0.4) is 0 Å². The monoisotopic (exact) mass is 341 g/mol. The summed E-state index contributed by atoms with van der Waals surface area (Å²) in [5.74, 6) is 3.25. The van der Waals surface area contributed by atoms with Crippen LogP contribution in [-0.4, -0.2) is 43.7 Å². The normalized spacial score (nSPS) is 10.7. The van der Waals surface area contributed by atoms with Crippen LogP contribution < -0.4 is 10.6 Å². The first-order valence-electron chi connectivity index (χ1n) is 7.84. The molecule has 1 amide bonds. The maximum atomic E-state index is 11.9. The zero-order valence-corrected chi connectivity index (χ0v) is 14.3. The Balaban J connectivity index is 1.57. The predicted molar refractivity (Wildman–Crippen MR) is 90.7 cm³/mol. The first-order valence-corrected chi connectivity index (χ1v) is 7.84. The Morgan fingerprint density at radius 2 is 2.04 bits per heavy atom. The Morgan fingerprint density at radius 3 is 2.72 bits per heavy atom. The maximum absolute atomic E-state index is 11.9. The van der Waals surface area contributed by atoms with E-state index >= 15 is 0 Å². The number of carbonyl (C=O) groups excluding carboxylic acids is 1. The summed E-state index contributed by atoms with van der Waals surface area (Å²) < 4.78 is 6.77. The number of aromatic nitrogens is 5. The molecule has 0 aliphatic rings. The molecular weight excluding hydrogens is 322 g/mol. The highest BCUT2D eigenvalue weighted by atomic mass is 16.5.